The van der Waals surface area contributed by atoms with Crippen molar-refractivity contribution in [2.45, 2.75) is 45.3 Å². The Hall–Kier alpha value is -0.700. The van der Waals surface area contributed by atoms with E-state index in [1.54, 1.807) is 0 Å². The summed E-state index contributed by atoms with van der Waals surface area (Å²) in [5.74, 6) is 3.40. The Bertz CT molecular complexity index is 302. The minimum absolute atomic E-state index is 1.00. The SMILES string of the molecule is CCCCCSCc1cccnc1NCCC. The minimum atomic E-state index is 1.00. The number of aromatic nitrogens is 1. The van der Waals surface area contributed by atoms with E-state index in [2.05, 4.69) is 30.2 Å². The third kappa shape index (κ3) is 5.97. The second kappa shape index (κ2) is 9.34. The molecule has 1 aromatic heterocycles. The maximum absolute atomic E-state index is 4.41. The van der Waals surface area contributed by atoms with Gasteiger partial charge in [0.25, 0.3) is 0 Å². The highest BCUT2D eigenvalue weighted by Crippen LogP contribution is 2.19. The molecule has 0 bridgehead atoms. The van der Waals surface area contributed by atoms with Crippen LogP contribution in [0.4, 0.5) is 5.82 Å². The van der Waals surface area contributed by atoms with Gasteiger partial charge in [0.1, 0.15) is 5.82 Å². The summed E-state index contributed by atoms with van der Waals surface area (Å²) in [6, 6.07) is 4.21. The summed E-state index contributed by atoms with van der Waals surface area (Å²) >= 11 is 2.01. The molecule has 0 aliphatic heterocycles. The maximum atomic E-state index is 4.41. The van der Waals surface area contributed by atoms with Crippen LogP contribution in [0.1, 0.15) is 45.1 Å². The molecule has 1 aromatic rings. The first kappa shape index (κ1) is 14.4. The molecule has 1 rings (SSSR count). The molecular formula is C14H24N2S. The van der Waals surface area contributed by atoms with Crippen molar-refractivity contribution in [1.82, 2.24) is 4.98 Å². The lowest BCUT2D eigenvalue weighted by atomic mass is 10.3. The summed E-state index contributed by atoms with van der Waals surface area (Å²) in [4.78, 5) is 4.41. The van der Waals surface area contributed by atoms with E-state index in [1.807, 2.05) is 24.0 Å². The number of hydrogen-bond acceptors (Lipinski definition) is 3. The van der Waals surface area contributed by atoms with Gasteiger partial charge in [-0.25, -0.2) is 4.98 Å². The first-order valence-corrected chi connectivity index (χ1v) is 7.79. The van der Waals surface area contributed by atoms with E-state index in [1.165, 1.54) is 30.6 Å². The standard InChI is InChI=1S/C14H24N2S/c1-3-5-6-11-17-12-13-8-7-10-16-14(13)15-9-4-2/h7-8,10H,3-6,9,11-12H2,1-2H3,(H,15,16). The number of unbranched alkanes of at least 4 members (excludes halogenated alkanes) is 2. The van der Waals surface area contributed by atoms with Gasteiger partial charge in [-0.15, -0.1) is 0 Å². The van der Waals surface area contributed by atoms with E-state index in [9.17, 15) is 0 Å². The molecule has 17 heavy (non-hydrogen) atoms. The Morgan fingerprint density at radius 2 is 2.12 bits per heavy atom. The van der Waals surface area contributed by atoms with Crippen molar-refractivity contribution >= 4 is 17.6 Å². The van der Waals surface area contributed by atoms with Gasteiger partial charge >= 0.3 is 0 Å². The number of rotatable bonds is 9. The fourth-order valence-corrected chi connectivity index (χ4v) is 2.60. The van der Waals surface area contributed by atoms with Crippen LogP contribution in [0, 0.1) is 0 Å². The highest BCUT2D eigenvalue weighted by molar-refractivity contribution is 7.98. The molecule has 3 heteroatoms. The largest absolute Gasteiger partial charge is 0.370 e. The van der Waals surface area contributed by atoms with E-state index >= 15 is 0 Å². The lowest BCUT2D eigenvalue weighted by Gasteiger charge is -2.09. The number of anilines is 1. The Kier molecular flexibility index (Phi) is 7.89. The topological polar surface area (TPSA) is 24.9 Å². The lowest BCUT2D eigenvalue weighted by molar-refractivity contribution is 0.778. The molecule has 96 valence electrons. The normalized spacial score (nSPS) is 10.5. The van der Waals surface area contributed by atoms with Crippen LogP contribution in [0.5, 0.6) is 0 Å². The average molecular weight is 252 g/mol. The van der Waals surface area contributed by atoms with Crippen LogP contribution in [-0.2, 0) is 5.75 Å². The van der Waals surface area contributed by atoms with Crippen LogP contribution < -0.4 is 5.32 Å². The molecule has 0 saturated heterocycles. The zero-order valence-corrected chi connectivity index (χ0v) is 11.9. The van der Waals surface area contributed by atoms with E-state index in [0.717, 1.165) is 24.5 Å². The van der Waals surface area contributed by atoms with Gasteiger partial charge in [0.05, 0.1) is 0 Å². The van der Waals surface area contributed by atoms with Crippen LogP contribution in [-0.4, -0.2) is 17.3 Å². The summed E-state index contributed by atoms with van der Waals surface area (Å²) in [6.07, 6.45) is 6.99. The Morgan fingerprint density at radius 1 is 1.24 bits per heavy atom. The molecule has 0 radical (unpaired) electrons. The second-order valence-corrected chi connectivity index (χ2v) is 5.30. The van der Waals surface area contributed by atoms with Gasteiger partial charge in [-0.3, -0.25) is 0 Å². The molecule has 0 spiro atoms. The van der Waals surface area contributed by atoms with Crippen molar-refractivity contribution in [3.05, 3.63) is 23.9 Å². The third-order valence-corrected chi connectivity index (χ3v) is 3.68. The molecule has 0 atom stereocenters. The quantitative estimate of drug-likeness (QED) is 0.662. The number of hydrogen-bond donors (Lipinski definition) is 1. The summed E-state index contributed by atoms with van der Waals surface area (Å²) in [7, 11) is 0. The monoisotopic (exact) mass is 252 g/mol. The molecule has 0 aliphatic carbocycles. The van der Waals surface area contributed by atoms with Crippen molar-refractivity contribution in [2.75, 3.05) is 17.6 Å². The van der Waals surface area contributed by atoms with Crippen LogP contribution in [0.25, 0.3) is 0 Å². The number of nitrogens with one attached hydrogen (secondary N) is 1. The molecule has 0 fully saturated rings. The summed E-state index contributed by atoms with van der Waals surface area (Å²) in [6.45, 7) is 5.43. The van der Waals surface area contributed by atoms with E-state index in [0.29, 0.717) is 0 Å². The molecule has 0 unspecified atom stereocenters. The smallest absolute Gasteiger partial charge is 0.129 e. The Labute approximate surface area is 110 Å². The maximum Gasteiger partial charge on any atom is 0.129 e. The van der Waals surface area contributed by atoms with Gasteiger partial charge in [0.15, 0.2) is 0 Å². The van der Waals surface area contributed by atoms with Crippen molar-refractivity contribution in [3.8, 4) is 0 Å². The van der Waals surface area contributed by atoms with E-state index in [-0.39, 0.29) is 0 Å². The first-order chi connectivity index (χ1) is 8.38. The number of thioether (sulfide) groups is 1. The summed E-state index contributed by atoms with van der Waals surface area (Å²) in [5.41, 5.74) is 1.34. The van der Waals surface area contributed by atoms with Gasteiger partial charge in [-0.1, -0.05) is 32.8 Å². The molecule has 0 aromatic carbocycles. The second-order valence-electron chi connectivity index (χ2n) is 4.20. The lowest BCUT2D eigenvalue weighted by Crippen LogP contribution is -2.04. The van der Waals surface area contributed by atoms with Crippen molar-refractivity contribution < 1.29 is 0 Å². The zero-order chi connectivity index (χ0) is 12.3. The van der Waals surface area contributed by atoms with Gasteiger partial charge in [-0.2, -0.15) is 11.8 Å². The highest BCUT2D eigenvalue weighted by atomic mass is 32.2. The summed E-state index contributed by atoms with van der Waals surface area (Å²) < 4.78 is 0. The molecule has 1 N–H and O–H groups in total. The van der Waals surface area contributed by atoms with Crippen LogP contribution >= 0.6 is 11.8 Å². The predicted octanol–water partition coefficient (Wildman–Crippen LogP) is 4.33. The van der Waals surface area contributed by atoms with Gasteiger partial charge in [-0.05, 0) is 24.7 Å². The fourth-order valence-electron chi connectivity index (χ4n) is 1.59. The average Bonchev–Trinajstić information content (AvgIpc) is 2.37. The van der Waals surface area contributed by atoms with Gasteiger partial charge in [0.2, 0.25) is 0 Å². The third-order valence-electron chi connectivity index (χ3n) is 2.58. The highest BCUT2D eigenvalue weighted by Gasteiger charge is 2.02. The van der Waals surface area contributed by atoms with Gasteiger partial charge < -0.3 is 5.32 Å². The molecule has 0 saturated carbocycles. The molecule has 1 heterocycles. The molecule has 2 nitrogen and oxygen atoms in total. The van der Waals surface area contributed by atoms with Crippen molar-refractivity contribution in [1.29, 1.82) is 0 Å². The molecule has 0 aliphatic rings. The van der Waals surface area contributed by atoms with Crippen molar-refractivity contribution in [2.24, 2.45) is 0 Å². The molecule has 0 amide bonds. The minimum Gasteiger partial charge on any atom is -0.370 e. The van der Waals surface area contributed by atoms with Crippen molar-refractivity contribution in [3.63, 3.8) is 0 Å². The predicted molar refractivity (Wildman–Crippen MR) is 78.7 cm³/mol. The van der Waals surface area contributed by atoms with Crippen LogP contribution in [0.2, 0.25) is 0 Å². The van der Waals surface area contributed by atoms with Gasteiger partial charge in [0, 0.05) is 24.1 Å². The number of nitrogens with zero attached hydrogens (tertiary/aromatic N) is 1. The van der Waals surface area contributed by atoms with Crippen LogP contribution in [0.3, 0.4) is 0 Å². The zero-order valence-electron chi connectivity index (χ0n) is 11.0. The molecular weight excluding hydrogens is 228 g/mol. The summed E-state index contributed by atoms with van der Waals surface area (Å²) in [5, 5.41) is 3.39. The Balaban J connectivity index is 2.35. The number of pyridine rings is 1. The Morgan fingerprint density at radius 3 is 2.88 bits per heavy atom. The fraction of sp³-hybridized carbons (Fsp3) is 0.643. The van der Waals surface area contributed by atoms with Crippen LogP contribution in [0.15, 0.2) is 18.3 Å². The van der Waals surface area contributed by atoms with E-state index in [4.69, 9.17) is 0 Å². The van der Waals surface area contributed by atoms with E-state index < -0.39 is 0 Å². The first-order valence-electron chi connectivity index (χ1n) is 6.64.